The minimum Gasteiger partial charge on any atom is -0.486 e. The third kappa shape index (κ3) is 4.26. The molecule has 3 rings (SSSR count). The fraction of sp³-hybridized carbons (Fsp3) is 0.235. The Morgan fingerprint density at radius 2 is 2.04 bits per heavy atom. The van der Waals surface area contributed by atoms with Gasteiger partial charge in [0.2, 0.25) is 5.16 Å². The van der Waals surface area contributed by atoms with E-state index in [1.165, 1.54) is 17.1 Å². The number of fused-ring (bicyclic) bond motifs is 1. The van der Waals surface area contributed by atoms with Crippen molar-refractivity contribution in [1.29, 1.82) is 0 Å². The maximum Gasteiger partial charge on any atom is 0.316 e. The number of benzene rings is 2. The SMILES string of the molecule is CCOC(=O)CSc1n[nH]c(COc2ccc3ccccc3c2)n1. The van der Waals surface area contributed by atoms with E-state index in [-0.39, 0.29) is 18.3 Å². The first-order valence-electron chi connectivity index (χ1n) is 7.56. The molecule has 0 saturated heterocycles. The van der Waals surface area contributed by atoms with Crippen LogP contribution in [0.5, 0.6) is 5.75 Å². The molecule has 0 aliphatic carbocycles. The minimum atomic E-state index is -0.277. The van der Waals surface area contributed by atoms with Crippen molar-refractivity contribution in [2.75, 3.05) is 12.4 Å². The van der Waals surface area contributed by atoms with E-state index in [0.717, 1.165) is 11.1 Å². The third-order valence-corrected chi connectivity index (χ3v) is 4.05. The molecule has 0 unspecified atom stereocenters. The summed E-state index contributed by atoms with van der Waals surface area (Å²) in [6.45, 7) is 2.43. The maximum absolute atomic E-state index is 11.3. The standard InChI is InChI=1S/C17H17N3O3S/c1-2-22-16(21)11-24-17-18-15(19-20-17)10-23-14-8-7-12-5-3-4-6-13(12)9-14/h3-9H,2,10-11H2,1H3,(H,18,19,20). The number of aromatic amines is 1. The first-order chi connectivity index (χ1) is 11.7. The Balaban J connectivity index is 1.55. The van der Waals surface area contributed by atoms with Crippen LogP contribution in [0.2, 0.25) is 0 Å². The highest BCUT2D eigenvalue weighted by molar-refractivity contribution is 7.99. The van der Waals surface area contributed by atoms with Gasteiger partial charge in [0.1, 0.15) is 12.4 Å². The summed E-state index contributed by atoms with van der Waals surface area (Å²) < 4.78 is 10.6. The van der Waals surface area contributed by atoms with Gasteiger partial charge in [-0.05, 0) is 29.8 Å². The van der Waals surface area contributed by atoms with Crippen LogP contribution in [-0.2, 0) is 16.1 Å². The molecule has 6 nitrogen and oxygen atoms in total. The number of H-pyrrole nitrogens is 1. The van der Waals surface area contributed by atoms with Gasteiger partial charge in [0.25, 0.3) is 0 Å². The quantitative estimate of drug-likeness (QED) is 0.524. The highest BCUT2D eigenvalue weighted by Crippen LogP contribution is 2.21. The largest absolute Gasteiger partial charge is 0.486 e. The zero-order chi connectivity index (χ0) is 16.8. The number of esters is 1. The Labute approximate surface area is 143 Å². The summed E-state index contributed by atoms with van der Waals surface area (Å²) in [6, 6.07) is 14.0. The van der Waals surface area contributed by atoms with Gasteiger partial charge in [0.15, 0.2) is 5.82 Å². The van der Waals surface area contributed by atoms with Crippen LogP contribution < -0.4 is 4.74 Å². The maximum atomic E-state index is 11.3. The molecule has 7 heteroatoms. The Kier molecular flexibility index (Phi) is 5.32. The van der Waals surface area contributed by atoms with Crippen LogP contribution in [-0.4, -0.2) is 33.5 Å². The molecule has 0 atom stereocenters. The van der Waals surface area contributed by atoms with Crippen LogP contribution >= 0.6 is 11.8 Å². The highest BCUT2D eigenvalue weighted by atomic mass is 32.2. The zero-order valence-electron chi connectivity index (χ0n) is 13.2. The van der Waals surface area contributed by atoms with Crippen molar-refractivity contribution in [3.05, 3.63) is 48.3 Å². The summed E-state index contributed by atoms with van der Waals surface area (Å²) in [6.07, 6.45) is 0. The van der Waals surface area contributed by atoms with Crippen LogP contribution in [0.15, 0.2) is 47.6 Å². The second-order valence-corrected chi connectivity index (χ2v) is 5.90. The van der Waals surface area contributed by atoms with Gasteiger partial charge >= 0.3 is 5.97 Å². The Morgan fingerprint density at radius 1 is 1.21 bits per heavy atom. The van der Waals surface area contributed by atoms with E-state index in [2.05, 4.69) is 21.2 Å². The van der Waals surface area contributed by atoms with Crippen molar-refractivity contribution in [2.45, 2.75) is 18.7 Å². The first kappa shape index (κ1) is 16.3. The van der Waals surface area contributed by atoms with E-state index < -0.39 is 0 Å². The van der Waals surface area contributed by atoms with Crippen LogP contribution in [0.4, 0.5) is 0 Å². The molecule has 124 valence electrons. The predicted octanol–water partition coefficient (Wildman–Crippen LogP) is 3.19. The number of hydrogen-bond donors (Lipinski definition) is 1. The molecule has 0 saturated carbocycles. The third-order valence-electron chi connectivity index (χ3n) is 3.23. The summed E-state index contributed by atoms with van der Waals surface area (Å²) in [7, 11) is 0. The average Bonchev–Trinajstić information content (AvgIpc) is 3.06. The van der Waals surface area contributed by atoms with E-state index in [9.17, 15) is 4.79 Å². The van der Waals surface area contributed by atoms with Gasteiger partial charge in [-0.25, -0.2) is 4.98 Å². The lowest BCUT2D eigenvalue weighted by Crippen LogP contribution is -2.06. The van der Waals surface area contributed by atoms with Crippen LogP contribution in [0.3, 0.4) is 0 Å². The van der Waals surface area contributed by atoms with Gasteiger partial charge < -0.3 is 9.47 Å². The van der Waals surface area contributed by atoms with Crippen molar-refractivity contribution < 1.29 is 14.3 Å². The molecule has 1 aromatic heterocycles. The Hall–Kier alpha value is -2.54. The number of thioether (sulfide) groups is 1. The number of rotatable bonds is 7. The van der Waals surface area contributed by atoms with Crippen molar-refractivity contribution in [1.82, 2.24) is 15.2 Å². The molecule has 1 heterocycles. The molecule has 1 N–H and O–H groups in total. The first-order valence-corrected chi connectivity index (χ1v) is 8.54. The van der Waals surface area contributed by atoms with E-state index in [1.54, 1.807) is 6.92 Å². The van der Waals surface area contributed by atoms with Gasteiger partial charge in [-0.15, -0.1) is 5.10 Å². The van der Waals surface area contributed by atoms with Gasteiger partial charge in [-0.1, -0.05) is 42.1 Å². The Bertz CT molecular complexity index is 835. The fourth-order valence-corrected chi connectivity index (χ4v) is 2.76. The van der Waals surface area contributed by atoms with Crippen molar-refractivity contribution in [3.8, 4) is 5.75 Å². The van der Waals surface area contributed by atoms with Gasteiger partial charge in [0.05, 0.1) is 12.4 Å². The second kappa shape index (κ2) is 7.83. The number of hydrogen-bond acceptors (Lipinski definition) is 6. The second-order valence-electron chi connectivity index (χ2n) is 4.96. The van der Waals surface area contributed by atoms with Crippen molar-refractivity contribution in [2.24, 2.45) is 0 Å². The van der Waals surface area contributed by atoms with E-state index in [4.69, 9.17) is 9.47 Å². The van der Waals surface area contributed by atoms with Gasteiger partial charge in [0, 0.05) is 0 Å². The molecule has 0 bridgehead atoms. The molecule has 0 fully saturated rings. The zero-order valence-corrected chi connectivity index (χ0v) is 14.0. The smallest absolute Gasteiger partial charge is 0.316 e. The summed E-state index contributed by atoms with van der Waals surface area (Å²) >= 11 is 1.23. The number of nitrogens with zero attached hydrogens (tertiary/aromatic N) is 2. The normalized spacial score (nSPS) is 10.7. The molecule has 0 aliphatic rings. The molecule has 0 spiro atoms. The molecule has 0 aliphatic heterocycles. The fourth-order valence-electron chi connectivity index (χ4n) is 2.14. The highest BCUT2D eigenvalue weighted by Gasteiger charge is 2.08. The number of nitrogens with one attached hydrogen (secondary N) is 1. The van der Waals surface area contributed by atoms with Crippen LogP contribution in [0, 0.1) is 0 Å². The molecule has 0 radical (unpaired) electrons. The van der Waals surface area contributed by atoms with Crippen molar-refractivity contribution in [3.63, 3.8) is 0 Å². The van der Waals surface area contributed by atoms with Crippen LogP contribution in [0.1, 0.15) is 12.7 Å². The summed E-state index contributed by atoms with van der Waals surface area (Å²) in [5.41, 5.74) is 0. The molecule has 0 amide bonds. The van der Waals surface area contributed by atoms with E-state index >= 15 is 0 Å². The number of carbonyl (C=O) groups is 1. The topological polar surface area (TPSA) is 77.1 Å². The van der Waals surface area contributed by atoms with Crippen molar-refractivity contribution >= 4 is 28.5 Å². The summed E-state index contributed by atoms with van der Waals surface area (Å²) in [5.74, 6) is 1.29. The molecule has 2 aromatic carbocycles. The van der Waals surface area contributed by atoms with Gasteiger partial charge in [-0.3, -0.25) is 9.89 Å². The number of carbonyl (C=O) groups excluding carboxylic acids is 1. The lowest BCUT2D eigenvalue weighted by atomic mass is 10.1. The van der Waals surface area contributed by atoms with E-state index in [0.29, 0.717) is 17.6 Å². The summed E-state index contributed by atoms with van der Waals surface area (Å²) in [4.78, 5) is 15.6. The number of ether oxygens (including phenoxy) is 2. The average molecular weight is 343 g/mol. The lowest BCUT2D eigenvalue weighted by Gasteiger charge is -2.05. The molecule has 24 heavy (non-hydrogen) atoms. The summed E-state index contributed by atoms with van der Waals surface area (Å²) in [5, 5.41) is 9.65. The lowest BCUT2D eigenvalue weighted by molar-refractivity contribution is -0.139. The van der Waals surface area contributed by atoms with Gasteiger partial charge in [-0.2, -0.15) is 0 Å². The number of aromatic nitrogens is 3. The van der Waals surface area contributed by atoms with E-state index in [1.807, 2.05) is 36.4 Å². The molecule has 3 aromatic rings. The predicted molar refractivity (Wildman–Crippen MR) is 92.0 cm³/mol. The Morgan fingerprint density at radius 3 is 2.88 bits per heavy atom. The monoisotopic (exact) mass is 343 g/mol. The molecular weight excluding hydrogens is 326 g/mol. The minimum absolute atomic E-state index is 0.191. The van der Waals surface area contributed by atoms with Crippen LogP contribution in [0.25, 0.3) is 10.8 Å². The molecular formula is C17H17N3O3S.